The first kappa shape index (κ1) is 19.5. The second kappa shape index (κ2) is 7.79. The van der Waals surface area contributed by atoms with Gasteiger partial charge < -0.3 is 10.2 Å². The summed E-state index contributed by atoms with van der Waals surface area (Å²) in [5.74, 6) is 1.66. The summed E-state index contributed by atoms with van der Waals surface area (Å²) < 4.78 is 5.79. The van der Waals surface area contributed by atoms with Gasteiger partial charge in [-0.15, -0.1) is 24.8 Å². The van der Waals surface area contributed by atoms with Crippen LogP contribution in [0.5, 0.6) is 0 Å². The van der Waals surface area contributed by atoms with Crippen molar-refractivity contribution in [2.45, 2.75) is 26.8 Å². The van der Waals surface area contributed by atoms with Gasteiger partial charge in [0, 0.05) is 24.0 Å². The molecule has 0 bridgehead atoms. The highest BCUT2D eigenvalue weighted by Crippen LogP contribution is 2.30. The van der Waals surface area contributed by atoms with E-state index in [-0.39, 0.29) is 30.2 Å². The maximum atomic E-state index is 5.86. The summed E-state index contributed by atoms with van der Waals surface area (Å²) in [6.45, 7) is 8.00. The summed E-state index contributed by atoms with van der Waals surface area (Å²) in [6, 6.07) is 2.04. The van der Waals surface area contributed by atoms with Gasteiger partial charge in [-0.3, -0.25) is 4.90 Å². The first-order valence-electron chi connectivity index (χ1n) is 7.01. The van der Waals surface area contributed by atoms with Gasteiger partial charge in [0.25, 0.3) is 0 Å². The van der Waals surface area contributed by atoms with Gasteiger partial charge in [0.15, 0.2) is 0 Å². The van der Waals surface area contributed by atoms with Crippen LogP contribution in [0.2, 0.25) is 0 Å². The molecule has 3 rings (SSSR count). The highest BCUT2D eigenvalue weighted by molar-refractivity contribution is 7.08. The molecule has 1 unspecified atom stereocenters. The first-order chi connectivity index (χ1) is 9.59. The van der Waals surface area contributed by atoms with Crippen LogP contribution in [0.3, 0.4) is 0 Å². The van der Waals surface area contributed by atoms with Crippen molar-refractivity contribution in [3.8, 4) is 11.5 Å². The number of rotatable bonds is 4. The molecule has 2 N–H and O–H groups in total. The Morgan fingerprint density at radius 2 is 2.23 bits per heavy atom. The smallest absolute Gasteiger partial charge is 0.227 e. The van der Waals surface area contributed by atoms with Gasteiger partial charge in [0.2, 0.25) is 5.89 Å². The molecule has 2 aromatic rings. The van der Waals surface area contributed by atoms with Crippen molar-refractivity contribution in [3.63, 3.8) is 0 Å². The van der Waals surface area contributed by atoms with Crippen LogP contribution in [-0.4, -0.2) is 29.5 Å². The second-order valence-corrected chi connectivity index (χ2v) is 6.79. The Hall–Kier alpha value is -0.590. The van der Waals surface area contributed by atoms with E-state index < -0.39 is 0 Å². The van der Waals surface area contributed by atoms with Crippen LogP contribution < -0.4 is 5.73 Å². The van der Waals surface area contributed by atoms with E-state index in [0.29, 0.717) is 0 Å². The van der Waals surface area contributed by atoms with Crippen LogP contribution >= 0.6 is 36.2 Å². The largest absolute Gasteiger partial charge is 0.441 e. The van der Waals surface area contributed by atoms with Gasteiger partial charge in [0.1, 0.15) is 5.76 Å². The molecule has 1 aliphatic heterocycles. The van der Waals surface area contributed by atoms with E-state index in [1.54, 1.807) is 11.3 Å². The summed E-state index contributed by atoms with van der Waals surface area (Å²) >= 11 is 1.66. The van der Waals surface area contributed by atoms with Gasteiger partial charge in [0.05, 0.1) is 5.69 Å². The summed E-state index contributed by atoms with van der Waals surface area (Å²) in [7, 11) is 0. The lowest BCUT2D eigenvalue weighted by Crippen LogP contribution is -2.31. The van der Waals surface area contributed by atoms with Crippen molar-refractivity contribution in [1.82, 2.24) is 9.88 Å². The van der Waals surface area contributed by atoms with Gasteiger partial charge in [-0.1, -0.05) is 6.92 Å². The Balaban J connectivity index is 0.00000121. The molecule has 0 spiro atoms. The van der Waals surface area contributed by atoms with Crippen LogP contribution in [0, 0.1) is 12.3 Å². The Morgan fingerprint density at radius 3 is 2.82 bits per heavy atom. The minimum atomic E-state index is 0. The van der Waals surface area contributed by atoms with Crippen LogP contribution in [0.4, 0.5) is 0 Å². The van der Waals surface area contributed by atoms with Crippen molar-refractivity contribution in [2.75, 3.05) is 19.6 Å². The molecule has 1 atom stereocenters. The third-order valence-electron chi connectivity index (χ3n) is 4.16. The number of hydrogen-bond donors (Lipinski definition) is 1. The van der Waals surface area contributed by atoms with E-state index >= 15 is 0 Å². The summed E-state index contributed by atoms with van der Waals surface area (Å²) in [5.41, 5.74) is 8.24. The average Bonchev–Trinajstić information content (AvgIpc) is 3.12. The molecular formula is C15H23Cl2N3OS. The third-order valence-corrected chi connectivity index (χ3v) is 4.85. The number of likely N-dealkylation sites (tertiary alicyclic amines) is 1. The minimum absolute atomic E-state index is 0. The Bertz CT molecular complexity index is 588. The Kier molecular flexibility index (Phi) is 6.89. The van der Waals surface area contributed by atoms with E-state index in [4.69, 9.17) is 10.2 Å². The number of oxazole rings is 1. The summed E-state index contributed by atoms with van der Waals surface area (Å²) in [5, 5.41) is 4.11. The quantitative estimate of drug-likeness (QED) is 0.898. The molecular weight excluding hydrogens is 341 g/mol. The molecule has 124 valence electrons. The topological polar surface area (TPSA) is 55.3 Å². The molecule has 3 heterocycles. The molecule has 0 radical (unpaired) electrons. The van der Waals surface area contributed by atoms with Crippen LogP contribution in [-0.2, 0) is 6.54 Å². The fraction of sp³-hybridized carbons (Fsp3) is 0.533. The van der Waals surface area contributed by atoms with Crippen LogP contribution in [0.25, 0.3) is 11.5 Å². The van der Waals surface area contributed by atoms with Crippen LogP contribution in [0.15, 0.2) is 21.2 Å². The number of nitrogens with zero attached hydrogens (tertiary/aromatic N) is 2. The maximum Gasteiger partial charge on any atom is 0.227 e. The molecule has 4 nitrogen and oxygen atoms in total. The van der Waals surface area contributed by atoms with E-state index in [9.17, 15) is 0 Å². The fourth-order valence-corrected chi connectivity index (χ4v) is 3.35. The number of nitrogens with two attached hydrogens (primary N) is 1. The molecule has 2 aromatic heterocycles. The predicted molar refractivity (Wildman–Crippen MR) is 96.1 cm³/mol. The van der Waals surface area contributed by atoms with Gasteiger partial charge in [-0.25, -0.2) is 4.98 Å². The molecule has 1 fully saturated rings. The maximum absolute atomic E-state index is 5.86. The zero-order valence-corrected chi connectivity index (χ0v) is 15.3. The third kappa shape index (κ3) is 4.03. The standard InChI is InChI=1S/C15H21N3OS.2ClH/c1-11-13(7-18-5-4-15(2,9-16)10-18)17-14(19-11)12-3-6-20-8-12;;/h3,6,8H,4-5,7,9-10,16H2,1-2H3;2*1H. The molecule has 0 amide bonds. The number of thiophene rings is 1. The molecule has 0 aromatic carbocycles. The van der Waals surface area contributed by atoms with Gasteiger partial charge >= 0.3 is 0 Å². The number of aromatic nitrogens is 1. The predicted octanol–water partition coefficient (Wildman–Crippen LogP) is 3.73. The monoisotopic (exact) mass is 363 g/mol. The first-order valence-corrected chi connectivity index (χ1v) is 7.95. The van der Waals surface area contributed by atoms with Gasteiger partial charge in [-0.2, -0.15) is 11.3 Å². The number of hydrogen-bond acceptors (Lipinski definition) is 5. The Morgan fingerprint density at radius 1 is 1.45 bits per heavy atom. The second-order valence-electron chi connectivity index (χ2n) is 6.01. The lowest BCUT2D eigenvalue weighted by molar-refractivity contribution is 0.271. The van der Waals surface area contributed by atoms with E-state index in [1.807, 2.05) is 18.4 Å². The van der Waals surface area contributed by atoms with Gasteiger partial charge in [-0.05, 0) is 43.3 Å². The van der Waals surface area contributed by atoms with Crippen LogP contribution in [0.1, 0.15) is 24.8 Å². The highest BCUT2D eigenvalue weighted by atomic mass is 35.5. The van der Waals surface area contributed by atoms with Crippen molar-refractivity contribution in [2.24, 2.45) is 11.1 Å². The number of aryl methyl sites for hydroxylation is 1. The lowest BCUT2D eigenvalue weighted by Gasteiger charge is -2.22. The average molecular weight is 364 g/mol. The molecule has 1 saturated heterocycles. The zero-order chi connectivity index (χ0) is 14.2. The molecule has 1 aliphatic rings. The summed E-state index contributed by atoms with van der Waals surface area (Å²) in [6.07, 6.45) is 1.16. The normalized spacial score (nSPS) is 21.4. The van der Waals surface area contributed by atoms with E-state index in [1.165, 1.54) is 0 Å². The molecule has 0 aliphatic carbocycles. The highest BCUT2D eigenvalue weighted by Gasteiger charge is 2.33. The molecule has 7 heteroatoms. The van der Waals surface area contributed by atoms with Crippen molar-refractivity contribution >= 4 is 36.2 Å². The SMILES string of the molecule is Cc1oc(-c2ccsc2)nc1CN1CCC(C)(CN)C1.Cl.Cl. The molecule has 0 saturated carbocycles. The zero-order valence-electron chi connectivity index (χ0n) is 12.9. The van der Waals surface area contributed by atoms with Crippen molar-refractivity contribution in [1.29, 1.82) is 0 Å². The van der Waals surface area contributed by atoms with Crippen molar-refractivity contribution < 1.29 is 4.42 Å². The van der Waals surface area contributed by atoms with E-state index in [2.05, 4.69) is 22.2 Å². The minimum Gasteiger partial charge on any atom is -0.441 e. The Labute approximate surface area is 147 Å². The fourth-order valence-electron chi connectivity index (χ4n) is 2.72. The molecule has 22 heavy (non-hydrogen) atoms. The van der Waals surface area contributed by atoms with Crippen molar-refractivity contribution in [3.05, 3.63) is 28.3 Å². The summed E-state index contributed by atoms with van der Waals surface area (Å²) in [4.78, 5) is 7.08. The number of halogens is 2. The van der Waals surface area contributed by atoms with E-state index in [0.717, 1.165) is 55.5 Å². The lowest BCUT2D eigenvalue weighted by atomic mass is 9.90.